The van der Waals surface area contributed by atoms with Crippen LogP contribution in [0.25, 0.3) is 16.3 Å². The third-order valence-electron chi connectivity index (χ3n) is 3.55. The number of carbonyl (C=O) groups is 2. The number of ether oxygens (including phenoxy) is 1. The fourth-order valence-electron chi connectivity index (χ4n) is 2.29. The van der Waals surface area contributed by atoms with Gasteiger partial charge in [-0.15, -0.1) is 0 Å². The Hall–Kier alpha value is -2.63. The summed E-state index contributed by atoms with van der Waals surface area (Å²) in [6, 6.07) is 8.46. The van der Waals surface area contributed by atoms with Crippen LogP contribution in [0.5, 0.6) is 0 Å². The van der Waals surface area contributed by atoms with Crippen molar-refractivity contribution in [3.05, 3.63) is 60.7 Å². The Kier molecular flexibility index (Phi) is 6.17. The maximum absolute atomic E-state index is 12.3. The number of halogens is 1. The molecule has 0 saturated heterocycles. The van der Waals surface area contributed by atoms with Crippen molar-refractivity contribution in [3.8, 4) is 0 Å². The van der Waals surface area contributed by atoms with Crippen molar-refractivity contribution in [2.24, 2.45) is 4.99 Å². The van der Waals surface area contributed by atoms with E-state index in [1.54, 1.807) is 10.6 Å². The molecule has 0 saturated carbocycles. The second-order valence-corrected chi connectivity index (χ2v) is 8.39. The maximum atomic E-state index is 12.3. The van der Waals surface area contributed by atoms with Crippen molar-refractivity contribution in [3.63, 3.8) is 0 Å². The molecule has 28 heavy (non-hydrogen) atoms. The number of methoxy groups -OCH3 is 1. The lowest BCUT2D eigenvalue weighted by atomic mass is 10.3. The summed E-state index contributed by atoms with van der Waals surface area (Å²) >= 11 is 5.62. The van der Waals surface area contributed by atoms with Crippen LogP contribution in [0.2, 0.25) is 0 Å². The fourth-order valence-corrected chi connectivity index (χ4v) is 4.60. The summed E-state index contributed by atoms with van der Waals surface area (Å²) in [6.07, 6.45) is 2.70. The third-order valence-corrected chi connectivity index (χ3v) is 6.08. The van der Waals surface area contributed by atoms with Crippen LogP contribution in [0, 0.1) is 10.1 Å². The average molecular weight is 482 g/mol. The first-order valence-electron chi connectivity index (χ1n) is 7.74. The van der Waals surface area contributed by atoms with E-state index < -0.39 is 16.8 Å². The molecular weight excluding hydrogens is 470 g/mol. The van der Waals surface area contributed by atoms with Gasteiger partial charge < -0.3 is 9.30 Å². The van der Waals surface area contributed by atoms with E-state index in [2.05, 4.69) is 20.9 Å². The number of rotatable bonds is 5. The number of fused-ring (bicyclic) bond motifs is 1. The molecule has 0 aliphatic carbocycles. The number of thiazole rings is 1. The fraction of sp³-hybridized carbons (Fsp3) is 0.118. The van der Waals surface area contributed by atoms with Gasteiger partial charge in [-0.1, -0.05) is 38.6 Å². The summed E-state index contributed by atoms with van der Waals surface area (Å²) in [5, 5.41) is 10.7. The molecule has 1 aromatic carbocycles. The molecule has 0 atom stereocenters. The normalized spacial score (nSPS) is 12.0. The average Bonchev–Trinajstić information content (AvgIpc) is 3.25. The van der Waals surface area contributed by atoms with E-state index in [1.807, 2.05) is 18.2 Å². The minimum Gasteiger partial charge on any atom is -0.468 e. The predicted molar refractivity (Wildman–Crippen MR) is 110 cm³/mol. The molecule has 11 heteroatoms. The van der Waals surface area contributed by atoms with Crippen LogP contribution in [0.4, 0.5) is 5.00 Å². The zero-order chi connectivity index (χ0) is 20.3. The number of hydrogen-bond acceptors (Lipinski definition) is 7. The van der Waals surface area contributed by atoms with Gasteiger partial charge in [0.2, 0.25) is 0 Å². The number of hydrogen-bond donors (Lipinski definition) is 0. The Labute approximate surface area is 174 Å². The molecule has 3 aromatic rings. The molecule has 2 heterocycles. The van der Waals surface area contributed by atoms with E-state index >= 15 is 0 Å². The van der Waals surface area contributed by atoms with E-state index in [-0.39, 0.29) is 11.5 Å². The molecule has 2 aromatic heterocycles. The van der Waals surface area contributed by atoms with Crippen molar-refractivity contribution < 1.29 is 19.2 Å². The first-order chi connectivity index (χ1) is 13.4. The van der Waals surface area contributed by atoms with Gasteiger partial charge in [0, 0.05) is 21.5 Å². The Bertz CT molecular complexity index is 1180. The van der Waals surface area contributed by atoms with Crippen molar-refractivity contribution in [2.75, 3.05) is 7.11 Å². The molecular formula is C17H12BrN3O5S2. The van der Waals surface area contributed by atoms with Crippen molar-refractivity contribution >= 4 is 71.8 Å². The smallest absolute Gasteiger partial charge is 0.325 e. The second-order valence-electron chi connectivity index (χ2n) is 5.38. The highest BCUT2D eigenvalue weighted by molar-refractivity contribution is 9.10. The van der Waals surface area contributed by atoms with Crippen LogP contribution in [0.3, 0.4) is 0 Å². The molecule has 0 bridgehead atoms. The van der Waals surface area contributed by atoms with Gasteiger partial charge >= 0.3 is 11.0 Å². The molecule has 0 fully saturated rings. The minimum atomic E-state index is -0.541. The second kappa shape index (κ2) is 8.59. The Morgan fingerprint density at radius 1 is 1.32 bits per heavy atom. The molecule has 8 nitrogen and oxygen atoms in total. The molecule has 3 rings (SSSR count). The molecule has 0 aliphatic heterocycles. The summed E-state index contributed by atoms with van der Waals surface area (Å²) < 4.78 is 8.05. The maximum Gasteiger partial charge on any atom is 0.325 e. The van der Waals surface area contributed by atoms with Gasteiger partial charge in [-0.3, -0.25) is 19.7 Å². The predicted octanol–water partition coefficient (Wildman–Crippen LogP) is 3.75. The van der Waals surface area contributed by atoms with Crippen LogP contribution in [0.15, 0.2) is 45.9 Å². The molecule has 0 N–H and O–H groups in total. The highest BCUT2D eigenvalue weighted by Gasteiger charge is 2.12. The number of thiophene rings is 1. The molecule has 144 valence electrons. The lowest BCUT2D eigenvalue weighted by molar-refractivity contribution is -0.380. The van der Waals surface area contributed by atoms with E-state index in [0.717, 1.165) is 26.0 Å². The number of nitrogens with zero attached hydrogens (tertiary/aromatic N) is 3. The molecule has 0 unspecified atom stereocenters. The zero-order valence-electron chi connectivity index (χ0n) is 14.3. The number of carbonyl (C=O) groups excluding carboxylic acids is 2. The lowest BCUT2D eigenvalue weighted by Gasteiger charge is -2.03. The SMILES string of the molecule is COC(=O)Cn1c(=NC(=O)/C=C\c2ccc([N+](=O)[O-])s2)sc2cc(Br)ccc21. The lowest BCUT2D eigenvalue weighted by Crippen LogP contribution is -2.22. The van der Waals surface area contributed by atoms with Gasteiger partial charge in [-0.05, 0) is 30.3 Å². The first kappa shape index (κ1) is 20.1. The Morgan fingerprint density at radius 2 is 2.11 bits per heavy atom. The third kappa shape index (κ3) is 4.61. The van der Waals surface area contributed by atoms with Gasteiger partial charge in [0.1, 0.15) is 6.54 Å². The van der Waals surface area contributed by atoms with Crippen LogP contribution in [0.1, 0.15) is 4.88 Å². The van der Waals surface area contributed by atoms with Gasteiger partial charge in [0.25, 0.3) is 5.91 Å². The van der Waals surface area contributed by atoms with Crippen LogP contribution in [-0.4, -0.2) is 28.5 Å². The summed E-state index contributed by atoms with van der Waals surface area (Å²) in [4.78, 5) is 39.2. The van der Waals surface area contributed by atoms with Crippen LogP contribution in [-0.2, 0) is 20.9 Å². The standard InChI is InChI=1S/C17H12BrN3O5S2/c1-26-16(23)9-20-12-5-2-10(18)8-13(12)28-17(20)19-14(22)6-3-11-4-7-15(27-11)21(24)25/h2-8H,9H2,1H3/b6-3-,19-17?. The van der Waals surface area contributed by atoms with Crippen LogP contribution >= 0.6 is 38.6 Å². The van der Waals surface area contributed by atoms with Gasteiger partial charge in [0.05, 0.1) is 22.2 Å². The first-order valence-corrected chi connectivity index (χ1v) is 10.2. The number of nitro groups is 1. The monoisotopic (exact) mass is 481 g/mol. The van der Waals surface area contributed by atoms with Crippen molar-refractivity contribution in [2.45, 2.75) is 6.54 Å². The molecule has 0 spiro atoms. The Balaban J connectivity index is 1.95. The summed E-state index contributed by atoms with van der Waals surface area (Å²) in [6.45, 7) is -0.0783. The molecule has 0 aliphatic rings. The van der Waals surface area contributed by atoms with Crippen molar-refractivity contribution in [1.29, 1.82) is 0 Å². The topological polar surface area (TPSA) is 104 Å². The van der Waals surface area contributed by atoms with E-state index in [1.165, 1.54) is 36.7 Å². The molecule has 0 radical (unpaired) electrons. The summed E-state index contributed by atoms with van der Waals surface area (Å²) in [7, 11) is 1.29. The minimum absolute atomic E-state index is 0.00459. The largest absolute Gasteiger partial charge is 0.468 e. The molecule has 1 amide bonds. The van der Waals surface area contributed by atoms with Crippen LogP contribution < -0.4 is 4.80 Å². The quantitative estimate of drug-likeness (QED) is 0.239. The van der Waals surface area contributed by atoms with Crippen molar-refractivity contribution in [1.82, 2.24) is 4.57 Å². The summed E-state index contributed by atoms with van der Waals surface area (Å²) in [5.74, 6) is -1.00. The number of benzene rings is 1. The number of esters is 1. The van der Waals surface area contributed by atoms with Gasteiger partial charge in [-0.25, -0.2) is 0 Å². The zero-order valence-corrected chi connectivity index (χ0v) is 17.5. The Morgan fingerprint density at radius 3 is 2.79 bits per heavy atom. The highest BCUT2D eigenvalue weighted by Crippen LogP contribution is 2.25. The van der Waals surface area contributed by atoms with Gasteiger partial charge in [-0.2, -0.15) is 4.99 Å². The van der Waals surface area contributed by atoms with E-state index in [4.69, 9.17) is 4.74 Å². The number of aromatic nitrogens is 1. The highest BCUT2D eigenvalue weighted by atomic mass is 79.9. The van der Waals surface area contributed by atoms with Gasteiger partial charge in [0.15, 0.2) is 4.80 Å². The summed E-state index contributed by atoms with van der Waals surface area (Å²) in [5.41, 5.74) is 0.753. The number of amides is 1. The van der Waals surface area contributed by atoms with E-state index in [9.17, 15) is 19.7 Å². The van der Waals surface area contributed by atoms with E-state index in [0.29, 0.717) is 9.68 Å².